The molecule has 2 aromatic carbocycles. The van der Waals surface area contributed by atoms with E-state index < -0.39 is 16.1 Å². The Morgan fingerprint density at radius 1 is 1.03 bits per heavy atom. The fourth-order valence-electron chi connectivity index (χ4n) is 3.43. The van der Waals surface area contributed by atoms with Gasteiger partial charge in [0.2, 0.25) is 15.9 Å². The quantitative estimate of drug-likeness (QED) is 0.654. The van der Waals surface area contributed by atoms with E-state index in [4.69, 9.17) is 9.47 Å². The van der Waals surface area contributed by atoms with E-state index in [0.717, 1.165) is 17.7 Å². The molecule has 162 valence electrons. The number of benzene rings is 2. The molecule has 0 saturated carbocycles. The molecule has 8 heteroatoms. The number of anilines is 1. The third kappa shape index (κ3) is 4.94. The highest BCUT2D eigenvalue weighted by atomic mass is 32.2. The number of hydrogen-bond donors (Lipinski definition) is 1. The van der Waals surface area contributed by atoms with E-state index >= 15 is 0 Å². The van der Waals surface area contributed by atoms with Crippen molar-refractivity contribution in [2.45, 2.75) is 44.6 Å². The summed E-state index contributed by atoms with van der Waals surface area (Å²) in [6.45, 7) is 7.22. The minimum Gasteiger partial charge on any atom is -0.490 e. The van der Waals surface area contributed by atoms with Crippen LogP contribution in [0.2, 0.25) is 0 Å². The highest BCUT2D eigenvalue weighted by Gasteiger charge is 2.23. The molecule has 1 aliphatic heterocycles. The summed E-state index contributed by atoms with van der Waals surface area (Å²) in [7, 11) is -3.73. The molecule has 0 bridgehead atoms. The lowest BCUT2D eigenvalue weighted by molar-refractivity contribution is -0.117. The van der Waals surface area contributed by atoms with Gasteiger partial charge in [-0.05, 0) is 69.2 Å². The Morgan fingerprint density at radius 3 is 2.30 bits per heavy atom. The average Bonchev–Trinajstić information content (AvgIpc) is 3.15. The van der Waals surface area contributed by atoms with Crippen LogP contribution in [-0.4, -0.2) is 34.1 Å². The highest BCUT2D eigenvalue weighted by molar-refractivity contribution is 7.89. The van der Waals surface area contributed by atoms with Crippen LogP contribution in [-0.2, 0) is 14.8 Å². The standard InChI is InChI=1S/C22H28N2O5S/c1-4-28-20-13-8-17(15-21(20)29-5-2)16(3)23-30(26,27)19-11-9-18(10-12-19)24-14-6-7-22(24)25/h8-13,15-16,23H,4-7,14H2,1-3H3/t16-/m0/s1. The molecule has 1 aliphatic rings. The number of rotatable bonds is 9. The van der Waals surface area contributed by atoms with Gasteiger partial charge in [0.1, 0.15) is 0 Å². The summed E-state index contributed by atoms with van der Waals surface area (Å²) in [6, 6.07) is 11.3. The number of hydrogen-bond acceptors (Lipinski definition) is 5. The molecule has 1 N–H and O–H groups in total. The Kier molecular flexibility index (Phi) is 6.99. The maximum Gasteiger partial charge on any atom is 0.241 e. The van der Waals surface area contributed by atoms with Crippen LogP contribution in [0.4, 0.5) is 5.69 Å². The molecular formula is C22H28N2O5S. The fraction of sp³-hybridized carbons (Fsp3) is 0.409. The average molecular weight is 433 g/mol. The Bertz CT molecular complexity index is 989. The predicted molar refractivity (Wildman–Crippen MR) is 116 cm³/mol. The summed E-state index contributed by atoms with van der Waals surface area (Å²) in [4.78, 5) is 13.7. The van der Waals surface area contributed by atoms with Gasteiger partial charge in [-0.15, -0.1) is 0 Å². The molecule has 1 saturated heterocycles. The van der Waals surface area contributed by atoms with E-state index in [0.29, 0.717) is 37.7 Å². The zero-order chi connectivity index (χ0) is 21.7. The van der Waals surface area contributed by atoms with Gasteiger partial charge in [-0.2, -0.15) is 0 Å². The van der Waals surface area contributed by atoms with Crippen molar-refractivity contribution in [2.24, 2.45) is 0 Å². The van der Waals surface area contributed by atoms with Crippen LogP contribution in [0.5, 0.6) is 11.5 Å². The van der Waals surface area contributed by atoms with E-state index in [1.54, 1.807) is 36.1 Å². The molecule has 7 nitrogen and oxygen atoms in total. The van der Waals surface area contributed by atoms with Gasteiger partial charge in [-0.3, -0.25) is 4.79 Å². The number of ether oxygens (including phenoxy) is 2. The van der Waals surface area contributed by atoms with Crippen LogP contribution in [0.3, 0.4) is 0 Å². The second-order valence-corrected chi connectivity index (χ2v) is 8.77. The summed E-state index contributed by atoms with van der Waals surface area (Å²) in [5.74, 6) is 1.28. The van der Waals surface area contributed by atoms with Gasteiger partial charge < -0.3 is 14.4 Å². The monoisotopic (exact) mass is 432 g/mol. The SMILES string of the molecule is CCOc1ccc([C@H](C)NS(=O)(=O)c2ccc(N3CCCC3=O)cc2)cc1OCC. The van der Waals surface area contributed by atoms with E-state index in [2.05, 4.69) is 4.72 Å². The summed E-state index contributed by atoms with van der Waals surface area (Å²) in [5, 5.41) is 0. The van der Waals surface area contributed by atoms with Crippen molar-refractivity contribution in [2.75, 3.05) is 24.7 Å². The lowest BCUT2D eigenvalue weighted by atomic mass is 10.1. The van der Waals surface area contributed by atoms with Gasteiger partial charge in [0.15, 0.2) is 11.5 Å². The van der Waals surface area contributed by atoms with Crippen molar-refractivity contribution in [3.8, 4) is 11.5 Å². The minimum absolute atomic E-state index is 0.0676. The van der Waals surface area contributed by atoms with Crippen molar-refractivity contribution in [3.05, 3.63) is 48.0 Å². The maximum absolute atomic E-state index is 12.8. The van der Waals surface area contributed by atoms with Gasteiger partial charge in [-0.25, -0.2) is 13.1 Å². The van der Waals surface area contributed by atoms with Crippen LogP contribution in [0.25, 0.3) is 0 Å². The lowest BCUT2D eigenvalue weighted by Gasteiger charge is -2.19. The number of carbonyl (C=O) groups is 1. The molecule has 1 heterocycles. The smallest absolute Gasteiger partial charge is 0.241 e. The van der Waals surface area contributed by atoms with Crippen molar-refractivity contribution in [3.63, 3.8) is 0 Å². The Morgan fingerprint density at radius 2 is 1.70 bits per heavy atom. The summed E-state index contributed by atoms with van der Waals surface area (Å²) in [5.41, 5.74) is 1.49. The molecule has 0 spiro atoms. The van der Waals surface area contributed by atoms with Crippen LogP contribution < -0.4 is 19.1 Å². The Hall–Kier alpha value is -2.58. The highest BCUT2D eigenvalue weighted by Crippen LogP contribution is 2.31. The number of nitrogens with zero attached hydrogens (tertiary/aromatic N) is 1. The largest absolute Gasteiger partial charge is 0.490 e. The first-order chi connectivity index (χ1) is 14.4. The fourth-order valence-corrected chi connectivity index (χ4v) is 4.66. The summed E-state index contributed by atoms with van der Waals surface area (Å²) < 4.78 is 39.6. The minimum atomic E-state index is -3.73. The summed E-state index contributed by atoms with van der Waals surface area (Å²) in [6.07, 6.45) is 1.36. The molecule has 30 heavy (non-hydrogen) atoms. The molecule has 3 rings (SSSR count). The van der Waals surface area contributed by atoms with Crippen LogP contribution in [0, 0.1) is 0 Å². The van der Waals surface area contributed by atoms with E-state index in [1.807, 2.05) is 19.9 Å². The Balaban J connectivity index is 1.76. The Labute approximate surface area is 178 Å². The number of carbonyl (C=O) groups excluding carboxylic acids is 1. The van der Waals surface area contributed by atoms with E-state index in [1.165, 1.54) is 12.1 Å². The zero-order valence-electron chi connectivity index (χ0n) is 17.6. The molecule has 0 aromatic heterocycles. The van der Waals surface area contributed by atoms with Crippen LogP contribution >= 0.6 is 0 Å². The zero-order valence-corrected chi connectivity index (χ0v) is 18.4. The van der Waals surface area contributed by atoms with Crippen LogP contribution in [0.1, 0.15) is 45.2 Å². The molecule has 1 atom stereocenters. The second kappa shape index (κ2) is 9.49. The van der Waals surface area contributed by atoms with Crippen molar-refractivity contribution in [1.82, 2.24) is 4.72 Å². The first-order valence-corrected chi connectivity index (χ1v) is 11.7. The molecule has 2 aromatic rings. The lowest BCUT2D eigenvalue weighted by Crippen LogP contribution is -2.27. The van der Waals surface area contributed by atoms with Crippen molar-refractivity contribution in [1.29, 1.82) is 0 Å². The molecular weight excluding hydrogens is 404 g/mol. The van der Waals surface area contributed by atoms with Crippen molar-refractivity contribution < 1.29 is 22.7 Å². The van der Waals surface area contributed by atoms with Gasteiger partial charge >= 0.3 is 0 Å². The van der Waals surface area contributed by atoms with Gasteiger partial charge in [0.05, 0.1) is 18.1 Å². The third-order valence-corrected chi connectivity index (χ3v) is 6.49. The first kappa shape index (κ1) is 22.1. The van der Waals surface area contributed by atoms with Gasteiger partial charge in [0.25, 0.3) is 0 Å². The van der Waals surface area contributed by atoms with E-state index in [-0.39, 0.29) is 10.8 Å². The predicted octanol–water partition coefficient (Wildman–Crippen LogP) is 3.65. The van der Waals surface area contributed by atoms with Crippen molar-refractivity contribution >= 4 is 21.6 Å². The molecule has 0 unspecified atom stereocenters. The third-order valence-electron chi connectivity index (χ3n) is 4.93. The molecule has 1 fully saturated rings. The topological polar surface area (TPSA) is 84.9 Å². The molecule has 0 aliphatic carbocycles. The molecule has 1 amide bonds. The molecule has 0 radical (unpaired) electrons. The number of nitrogens with one attached hydrogen (secondary N) is 1. The number of amides is 1. The first-order valence-electron chi connectivity index (χ1n) is 10.2. The van der Waals surface area contributed by atoms with Gasteiger partial charge in [-0.1, -0.05) is 6.07 Å². The second-order valence-electron chi connectivity index (χ2n) is 7.06. The normalized spacial score (nSPS) is 15.3. The summed E-state index contributed by atoms with van der Waals surface area (Å²) >= 11 is 0. The van der Waals surface area contributed by atoms with E-state index in [9.17, 15) is 13.2 Å². The number of sulfonamides is 1. The van der Waals surface area contributed by atoms with Gasteiger partial charge in [0, 0.05) is 24.7 Å². The van der Waals surface area contributed by atoms with Crippen LogP contribution in [0.15, 0.2) is 47.4 Å². The maximum atomic E-state index is 12.8.